The van der Waals surface area contributed by atoms with Crippen molar-refractivity contribution >= 4 is 5.69 Å². The van der Waals surface area contributed by atoms with Crippen LogP contribution in [-0.4, -0.2) is 29.7 Å². The van der Waals surface area contributed by atoms with Gasteiger partial charge in [0.1, 0.15) is 0 Å². The Hall–Kier alpha value is -3.13. The number of nitrogens with two attached hydrogens (primary N) is 1. The van der Waals surface area contributed by atoms with E-state index in [-0.39, 0.29) is 11.5 Å². The van der Waals surface area contributed by atoms with Crippen LogP contribution in [0.25, 0.3) is 11.3 Å². The number of aromatic nitrogens is 2. The summed E-state index contributed by atoms with van der Waals surface area (Å²) >= 11 is 0. The van der Waals surface area contributed by atoms with Crippen LogP contribution in [0.5, 0.6) is 11.5 Å². The normalized spacial score (nSPS) is 16.3. The van der Waals surface area contributed by atoms with Crippen molar-refractivity contribution in [1.82, 2.24) is 10.2 Å². The summed E-state index contributed by atoms with van der Waals surface area (Å²) < 4.78 is 41.4. The zero-order chi connectivity index (χ0) is 20.2. The van der Waals surface area contributed by atoms with E-state index in [2.05, 4.69) is 14.9 Å². The fourth-order valence-electron chi connectivity index (χ4n) is 3.28. The van der Waals surface area contributed by atoms with Crippen LogP contribution < -0.4 is 15.2 Å². The van der Waals surface area contributed by atoms with Crippen molar-refractivity contribution < 1.29 is 23.0 Å². The highest BCUT2D eigenvalue weighted by atomic mass is 19.3. The van der Waals surface area contributed by atoms with E-state index < -0.39 is 12.9 Å². The molecule has 2 heterocycles. The van der Waals surface area contributed by atoms with Gasteiger partial charge in [-0.25, -0.2) is 0 Å². The molecular formula is C21H21F2N3O3. The minimum atomic E-state index is -2.94. The van der Waals surface area contributed by atoms with E-state index in [0.717, 1.165) is 28.8 Å². The lowest BCUT2D eigenvalue weighted by molar-refractivity contribution is -0.0632. The Kier molecular flexibility index (Phi) is 5.62. The zero-order valence-electron chi connectivity index (χ0n) is 15.6. The molecule has 0 saturated carbocycles. The van der Waals surface area contributed by atoms with Gasteiger partial charge in [-0.05, 0) is 42.3 Å². The van der Waals surface area contributed by atoms with Gasteiger partial charge in [0, 0.05) is 29.7 Å². The van der Waals surface area contributed by atoms with Crippen LogP contribution in [-0.2, 0) is 11.2 Å². The number of nitrogens with one attached hydrogen (secondary N) is 1. The SMILES string of the molecule is Nc1ccc(Cc2cn[nH]c2-c2ccc(OC(F)F)c(OC3CCCO3)c2)cc1. The van der Waals surface area contributed by atoms with Gasteiger partial charge in [0.2, 0.25) is 0 Å². The molecule has 2 aromatic carbocycles. The van der Waals surface area contributed by atoms with Crippen molar-refractivity contribution in [2.24, 2.45) is 0 Å². The summed E-state index contributed by atoms with van der Waals surface area (Å²) in [5.74, 6) is 0.182. The van der Waals surface area contributed by atoms with Crippen LogP contribution in [0.3, 0.4) is 0 Å². The molecule has 8 heteroatoms. The number of benzene rings is 2. The number of aromatic amines is 1. The first kappa shape index (κ1) is 19.2. The molecule has 0 aliphatic carbocycles. The molecule has 1 fully saturated rings. The van der Waals surface area contributed by atoms with Gasteiger partial charge >= 0.3 is 6.61 Å². The smallest absolute Gasteiger partial charge is 0.387 e. The molecule has 0 spiro atoms. The predicted molar refractivity (Wildman–Crippen MR) is 104 cm³/mol. The van der Waals surface area contributed by atoms with Crippen molar-refractivity contribution in [2.45, 2.75) is 32.2 Å². The maximum Gasteiger partial charge on any atom is 0.387 e. The lowest BCUT2D eigenvalue weighted by Crippen LogP contribution is -2.15. The van der Waals surface area contributed by atoms with E-state index in [1.807, 2.05) is 24.3 Å². The maximum absolute atomic E-state index is 12.8. The Bertz CT molecular complexity index is 954. The minimum absolute atomic E-state index is 0.0288. The van der Waals surface area contributed by atoms with Crippen LogP contribution in [0, 0.1) is 0 Å². The van der Waals surface area contributed by atoms with Crippen molar-refractivity contribution in [3.63, 3.8) is 0 Å². The third-order valence-corrected chi connectivity index (χ3v) is 4.69. The van der Waals surface area contributed by atoms with Crippen molar-refractivity contribution in [1.29, 1.82) is 0 Å². The van der Waals surface area contributed by atoms with E-state index in [1.54, 1.807) is 18.3 Å². The second kappa shape index (κ2) is 8.48. The Morgan fingerprint density at radius 2 is 2.00 bits per heavy atom. The monoisotopic (exact) mass is 401 g/mol. The van der Waals surface area contributed by atoms with E-state index in [4.69, 9.17) is 15.2 Å². The van der Waals surface area contributed by atoms with Gasteiger partial charge in [0.15, 0.2) is 17.8 Å². The first-order chi connectivity index (χ1) is 14.1. The Morgan fingerprint density at radius 1 is 1.17 bits per heavy atom. The fourth-order valence-corrected chi connectivity index (χ4v) is 3.28. The van der Waals surface area contributed by atoms with Gasteiger partial charge in [-0.3, -0.25) is 5.10 Å². The minimum Gasteiger partial charge on any atom is -0.461 e. The second-order valence-electron chi connectivity index (χ2n) is 6.79. The first-order valence-corrected chi connectivity index (χ1v) is 9.32. The lowest BCUT2D eigenvalue weighted by Gasteiger charge is -2.17. The number of H-pyrrole nitrogens is 1. The van der Waals surface area contributed by atoms with Crippen LogP contribution in [0.1, 0.15) is 24.0 Å². The van der Waals surface area contributed by atoms with Crippen LogP contribution >= 0.6 is 0 Å². The molecular weight excluding hydrogens is 380 g/mol. The van der Waals surface area contributed by atoms with E-state index >= 15 is 0 Å². The number of anilines is 1. The fraction of sp³-hybridized carbons (Fsp3) is 0.286. The zero-order valence-corrected chi connectivity index (χ0v) is 15.6. The molecule has 1 aromatic heterocycles. The molecule has 1 aliphatic rings. The van der Waals surface area contributed by atoms with Gasteiger partial charge in [0.25, 0.3) is 0 Å². The molecule has 4 rings (SSSR count). The molecule has 3 N–H and O–H groups in total. The average molecular weight is 401 g/mol. The van der Waals surface area contributed by atoms with Gasteiger partial charge in [-0.15, -0.1) is 0 Å². The summed E-state index contributed by atoms with van der Waals surface area (Å²) in [4.78, 5) is 0. The number of hydrogen-bond donors (Lipinski definition) is 2. The highest BCUT2D eigenvalue weighted by Gasteiger charge is 2.21. The average Bonchev–Trinajstić information content (AvgIpc) is 3.37. The molecule has 29 heavy (non-hydrogen) atoms. The highest BCUT2D eigenvalue weighted by Crippen LogP contribution is 2.36. The van der Waals surface area contributed by atoms with Crippen molar-refractivity contribution in [3.8, 4) is 22.8 Å². The molecule has 1 atom stereocenters. The summed E-state index contributed by atoms with van der Waals surface area (Å²) in [5, 5.41) is 7.13. The van der Waals surface area contributed by atoms with Gasteiger partial charge in [0.05, 0.1) is 18.5 Å². The molecule has 1 unspecified atom stereocenters. The van der Waals surface area contributed by atoms with Gasteiger partial charge in [-0.1, -0.05) is 12.1 Å². The number of ether oxygens (including phenoxy) is 3. The van der Waals surface area contributed by atoms with E-state index in [0.29, 0.717) is 25.1 Å². The number of hydrogen-bond acceptors (Lipinski definition) is 5. The molecule has 152 valence electrons. The predicted octanol–water partition coefficient (Wildman–Crippen LogP) is 4.37. The molecule has 0 radical (unpaired) electrons. The Labute approximate surface area is 166 Å². The van der Waals surface area contributed by atoms with Gasteiger partial charge in [-0.2, -0.15) is 13.9 Å². The Balaban J connectivity index is 1.62. The summed E-state index contributed by atoms with van der Waals surface area (Å²) in [7, 11) is 0. The third kappa shape index (κ3) is 4.65. The maximum atomic E-state index is 12.8. The quantitative estimate of drug-likeness (QED) is 0.575. The molecule has 1 aliphatic heterocycles. The highest BCUT2D eigenvalue weighted by molar-refractivity contribution is 5.67. The second-order valence-corrected chi connectivity index (χ2v) is 6.79. The van der Waals surface area contributed by atoms with Crippen LogP contribution in [0.4, 0.5) is 14.5 Å². The molecule has 0 bridgehead atoms. The first-order valence-electron chi connectivity index (χ1n) is 9.32. The summed E-state index contributed by atoms with van der Waals surface area (Å²) in [5.41, 5.74) is 10.0. The molecule has 1 saturated heterocycles. The standard InChI is InChI=1S/C21H21F2N3O3/c22-21(23)29-17-8-5-14(11-18(17)28-19-2-1-9-27-19)20-15(12-25-26-20)10-13-3-6-16(24)7-4-13/h3-8,11-12,19,21H,1-2,9-10,24H2,(H,25,26). The summed E-state index contributed by atoms with van der Waals surface area (Å²) in [6.07, 6.45) is 3.48. The van der Waals surface area contributed by atoms with E-state index in [1.165, 1.54) is 6.07 Å². The van der Waals surface area contributed by atoms with Crippen molar-refractivity contribution in [2.75, 3.05) is 12.3 Å². The van der Waals surface area contributed by atoms with Crippen molar-refractivity contribution in [3.05, 3.63) is 59.8 Å². The molecule has 3 aromatic rings. The van der Waals surface area contributed by atoms with Gasteiger partial charge < -0.3 is 19.9 Å². The number of nitrogen functional groups attached to an aromatic ring is 1. The topological polar surface area (TPSA) is 82.4 Å². The number of halogens is 2. The number of nitrogens with zero attached hydrogens (tertiary/aromatic N) is 1. The van der Waals surface area contributed by atoms with E-state index in [9.17, 15) is 8.78 Å². The largest absolute Gasteiger partial charge is 0.461 e. The third-order valence-electron chi connectivity index (χ3n) is 4.69. The summed E-state index contributed by atoms with van der Waals surface area (Å²) in [6, 6.07) is 12.4. The number of alkyl halides is 2. The molecule has 0 amide bonds. The Morgan fingerprint density at radius 3 is 2.72 bits per heavy atom. The van der Waals surface area contributed by atoms with Crippen LogP contribution in [0.2, 0.25) is 0 Å². The van der Waals surface area contributed by atoms with Crippen LogP contribution in [0.15, 0.2) is 48.7 Å². The summed E-state index contributed by atoms with van der Waals surface area (Å²) in [6.45, 7) is -2.36. The lowest BCUT2D eigenvalue weighted by atomic mass is 10.0. The number of rotatable bonds is 7. The molecule has 6 nitrogen and oxygen atoms in total.